The lowest BCUT2D eigenvalue weighted by Crippen LogP contribution is -2.46. The number of amides is 2. The fourth-order valence-corrected chi connectivity index (χ4v) is 2.30. The van der Waals surface area contributed by atoms with Crippen LogP contribution in [0.3, 0.4) is 0 Å². The largest absolute Gasteiger partial charge is 0.381 e. The van der Waals surface area contributed by atoms with Crippen molar-refractivity contribution in [1.29, 1.82) is 0 Å². The van der Waals surface area contributed by atoms with Crippen LogP contribution in [0.15, 0.2) is 24.3 Å². The van der Waals surface area contributed by atoms with Crippen LogP contribution in [0.4, 0.5) is 5.69 Å². The number of ether oxygens (including phenoxy) is 1. The second-order valence-corrected chi connectivity index (χ2v) is 5.00. The average Bonchev–Trinajstić information content (AvgIpc) is 2.48. The van der Waals surface area contributed by atoms with Crippen LogP contribution < -0.4 is 16.8 Å². The van der Waals surface area contributed by atoms with E-state index < -0.39 is 11.3 Å². The van der Waals surface area contributed by atoms with Crippen molar-refractivity contribution in [3.63, 3.8) is 0 Å². The van der Waals surface area contributed by atoms with E-state index in [-0.39, 0.29) is 24.9 Å². The second kappa shape index (κ2) is 7.40. The lowest BCUT2D eigenvalue weighted by Gasteiger charge is -2.34. The van der Waals surface area contributed by atoms with Crippen LogP contribution in [0.2, 0.25) is 0 Å². The SMILES string of the molecule is Cl.NCC1(C(=O)Nc2cccc(C(N)=O)c2)CCOCC1. The number of hydrogen-bond donors (Lipinski definition) is 3. The van der Waals surface area contributed by atoms with E-state index in [1.165, 1.54) is 0 Å². The number of hydrogen-bond acceptors (Lipinski definition) is 4. The number of halogens is 1. The first-order chi connectivity index (χ1) is 9.57. The molecule has 0 aromatic heterocycles. The standard InChI is InChI=1S/C14H19N3O3.ClH/c15-9-14(4-6-20-7-5-14)13(19)17-11-3-1-2-10(8-11)12(16)18;/h1-3,8H,4-7,9,15H2,(H2,16,18)(H,17,19);1H. The van der Waals surface area contributed by atoms with E-state index in [4.69, 9.17) is 16.2 Å². The first kappa shape index (κ1) is 17.4. The summed E-state index contributed by atoms with van der Waals surface area (Å²) in [4.78, 5) is 23.6. The van der Waals surface area contributed by atoms with Gasteiger partial charge in [-0.1, -0.05) is 6.07 Å². The minimum atomic E-state index is -0.596. The van der Waals surface area contributed by atoms with Gasteiger partial charge in [-0.2, -0.15) is 0 Å². The molecule has 0 atom stereocenters. The number of anilines is 1. The van der Waals surface area contributed by atoms with Crippen LogP contribution in [0.25, 0.3) is 0 Å². The second-order valence-electron chi connectivity index (χ2n) is 5.00. The Balaban J connectivity index is 0.00000220. The van der Waals surface area contributed by atoms with Gasteiger partial charge >= 0.3 is 0 Å². The number of benzene rings is 1. The molecule has 1 aliphatic heterocycles. The van der Waals surface area contributed by atoms with Gasteiger partial charge in [-0.15, -0.1) is 12.4 Å². The van der Waals surface area contributed by atoms with E-state index in [0.29, 0.717) is 37.3 Å². The van der Waals surface area contributed by atoms with Gasteiger partial charge in [-0.25, -0.2) is 0 Å². The summed E-state index contributed by atoms with van der Waals surface area (Å²) in [7, 11) is 0. The zero-order valence-corrected chi connectivity index (χ0v) is 12.4. The van der Waals surface area contributed by atoms with Gasteiger partial charge < -0.3 is 21.5 Å². The first-order valence-corrected chi connectivity index (χ1v) is 6.56. The predicted molar refractivity (Wildman–Crippen MR) is 82.4 cm³/mol. The summed E-state index contributed by atoms with van der Waals surface area (Å²) in [5, 5.41) is 2.82. The lowest BCUT2D eigenvalue weighted by atomic mass is 9.79. The number of rotatable bonds is 4. The molecule has 2 rings (SSSR count). The molecule has 1 aromatic carbocycles. The molecule has 21 heavy (non-hydrogen) atoms. The number of nitrogens with two attached hydrogens (primary N) is 2. The molecule has 0 unspecified atom stereocenters. The summed E-state index contributed by atoms with van der Waals surface area (Å²) < 4.78 is 5.28. The molecule has 0 spiro atoms. The fourth-order valence-electron chi connectivity index (χ4n) is 2.30. The maximum Gasteiger partial charge on any atom is 0.248 e. The normalized spacial score (nSPS) is 16.6. The van der Waals surface area contributed by atoms with E-state index >= 15 is 0 Å². The molecular formula is C14H20ClN3O3. The van der Waals surface area contributed by atoms with Gasteiger partial charge in [0, 0.05) is 31.0 Å². The number of carbonyl (C=O) groups is 2. The van der Waals surface area contributed by atoms with Crippen LogP contribution in [0.5, 0.6) is 0 Å². The molecule has 1 heterocycles. The topological polar surface area (TPSA) is 107 Å². The van der Waals surface area contributed by atoms with Gasteiger partial charge in [-0.3, -0.25) is 9.59 Å². The lowest BCUT2D eigenvalue weighted by molar-refractivity contribution is -0.130. The third-order valence-electron chi connectivity index (χ3n) is 3.73. The minimum absolute atomic E-state index is 0. The number of carbonyl (C=O) groups excluding carboxylic acids is 2. The third kappa shape index (κ3) is 3.93. The Kier molecular flexibility index (Phi) is 6.14. The monoisotopic (exact) mass is 313 g/mol. The maximum atomic E-state index is 12.4. The molecular weight excluding hydrogens is 294 g/mol. The summed E-state index contributed by atoms with van der Waals surface area (Å²) in [6.07, 6.45) is 1.20. The van der Waals surface area contributed by atoms with Gasteiger partial charge in [0.25, 0.3) is 0 Å². The molecule has 6 nitrogen and oxygen atoms in total. The molecule has 1 aliphatic rings. The van der Waals surface area contributed by atoms with Crippen LogP contribution in [-0.4, -0.2) is 31.6 Å². The van der Waals surface area contributed by atoms with E-state index in [1.807, 2.05) is 0 Å². The van der Waals surface area contributed by atoms with Crippen molar-refractivity contribution in [2.24, 2.45) is 16.9 Å². The summed E-state index contributed by atoms with van der Waals surface area (Å²) >= 11 is 0. The first-order valence-electron chi connectivity index (χ1n) is 6.56. The van der Waals surface area contributed by atoms with Gasteiger partial charge in [0.2, 0.25) is 11.8 Å². The molecule has 0 bridgehead atoms. The van der Waals surface area contributed by atoms with Gasteiger partial charge in [0.05, 0.1) is 5.41 Å². The summed E-state index contributed by atoms with van der Waals surface area (Å²) in [5.74, 6) is -0.661. The summed E-state index contributed by atoms with van der Waals surface area (Å²) in [5.41, 5.74) is 11.3. The molecule has 0 saturated carbocycles. The Hall–Kier alpha value is -1.63. The zero-order valence-electron chi connectivity index (χ0n) is 11.6. The van der Waals surface area contributed by atoms with Crippen molar-refractivity contribution in [3.05, 3.63) is 29.8 Å². The van der Waals surface area contributed by atoms with Crippen molar-refractivity contribution >= 4 is 29.9 Å². The van der Waals surface area contributed by atoms with E-state index in [1.54, 1.807) is 24.3 Å². The van der Waals surface area contributed by atoms with Gasteiger partial charge in [0.15, 0.2) is 0 Å². The fraction of sp³-hybridized carbons (Fsp3) is 0.429. The third-order valence-corrected chi connectivity index (χ3v) is 3.73. The van der Waals surface area contributed by atoms with Gasteiger partial charge in [0.1, 0.15) is 0 Å². The van der Waals surface area contributed by atoms with Crippen molar-refractivity contribution in [3.8, 4) is 0 Å². The summed E-state index contributed by atoms with van der Waals surface area (Å²) in [6.45, 7) is 1.34. The predicted octanol–water partition coefficient (Wildman–Crippen LogP) is 0.901. The Morgan fingerprint density at radius 2 is 1.95 bits per heavy atom. The van der Waals surface area contributed by atoms with Crippen molar-refractivity contribution in [2.75, 3.05) is 25.1 Å². The molecule has 7 heteroatoms. The highest BCUT2D eigenvalue weighted by Gasteiger charge is 2.38. The Bertz CT molecular complexity index is 516. The molecule has 1 fully saturated rings. The Morgan fingerprint density at radius 1 is 1.29 bits per heavy atom. The number of nitrogens with one attached hydrogen (secondary N) is 1. The molecule has 0 aliphatic carbocycles. The quantitative estimate of drug-likeness (QED) is 0.767. The molecule has 0 radical (unpaired) electrons. The van der Waals surface area contributed by atoms with E-state index in [9.17, 15) is 9.59 Å². The van der Waals surface area contributed by atoms with Crippen LogP contribution >= 0.6 is 12.4 Å². The van der Waals surface area contributed by atoms with Crippen LogP contribution in [-0.2, 0) is 9.53 Å². The zero-order chi connectivity index (χ0) is 14.6. The number of primary amides is 1. The van der Waals surface area contributed by atoms with Crippen molar-refractivity contribution in [1.82, 2.24) is 0 Å². The van der Waals surface area contributed by atoms with Crippen LogP contribution in [0, 0.1) is 5.41 Å². The highest BCUT2D eigenvalue weighted by Crippen LogP contribution is 2.30. The Morgan fingerprint density at radius 3 is 2.52 bits per heavy atom. The highest BCUT2D eigenvalue weighted by molar-refractivity contribution is 5.98. The van der Waals surface area contributed by atoms with E-state index in [2.05, 4.69) is 5.32 Å². The summed E-state index contributed by atoms with van der Waals surface area (Å²) in [6, 6.07) is 6.55. The molecule has 1 saturated heterocycles. The average molecular weight is 314 g/mol. The Labute approximate surface area is 129 Å². The van der Waals surface area contributed by atoms with Crippen molar-refractivity contribution < 1.29 is 14.3 Å². The van der Waals surface area contributed by atoms with Crippen LogP contribution in [0.1, 0.15) is 23.2 Å². The van der Waals surface area contributed by atoms with Crippen molar-refractivity contribution in [2.45, 2.75) is 12.8 Å². The molecule has 1 aromatic rings. The molecule has 5 N–H and O–H groups in total. The van der Waals surface area contributed by atoms with E-state index in [0.717, 1.165) is 0 Å². The highest BCUT2D eigenvalue weighted by atomic mass is 35.5. The minimum Gasteiger partial charge on any atom is -0.381 e. The smallest absolute Gasteiger partial charge is 0.248 e. The van der Waals surface area contributed by atoms with Gasteiger partial charge in [-0.05, 0) is 31.0 Å². The molecule has 2 amide bonds. The molecule has 116 valence electrons. The maximum absolute atomic E-state index is 12.4.